The predicted octanol–water partition coefficient (Wildman–Crippen LogP) is 2.97. The lowest BCUT2D eigenvalue weighted by atomic mass is 9.94. The normalized spacial score (nSPS) is 30.6. The van der Waals surface area contributed by atoms with Crippen LogP contribution in [-0.4, -0.2) is 33.7 Å². The smallest absolute Gasteiger partial charge is 0.285 e. The van der Waals surface area contributed by atoms with Crippen LogP contribution in [0.4, 0.5) is 4.39 Å². The first-order valence-electron chi connectivity index (χ1n) is 8.11. The minimum absolute atomic E-state index is 0.103. The molecular formula is C17H23FN2O2S. The Morgan fingerprint density at radius 3 is 2.52 bits per heavy atom. The van der Waals surface area contributed by atoms with Gasteiger partial charge in [-0.05, 0) is 69.3 Å². The molecule has 0 radical (unpaired) electrons. The first-order valence-corrected chi connectivity index (χ1v) is 9.97. The maximum Gasteiger partial charge on any atom is 0.285 e. The third-order valence-corrected chi connectivity index (χ3v) is 7.31. The van der Waals surface area contributed by atoms with Crippen molar-refractivity contribution in [2.75, 3.05) is 18.1 Å². The predicted molar refractivity (Wildman–Crippen MR) is 89.7 cm³/mol. The van der Waals surface area contributed by atoms with Crippen LogP contribution in [0.2, 0.25) is 0 Å². The van der Waals surface area contributed by atoms with Crippen molar-refractivity contribution in [3.8, 4) is 0 Å². The highest BCUT2D eigenvalue weighted by molar-refractivity contribution is 7.94. The van der Waals surface area contributed by atoms with Gasteiger partial charge in [0.05, 0.1) is 15.5 Å². The molecule has 2 aliphatic heterocycles. The molecule has 2 saturated heterocycles. The van der Waals surface area contributed by atoms with Gasteiger partial charge in [0, 0.05) is 16.9 Å². The Morgan fingerprint density at radius 2 is 1.91 bits per heavy atom. The molecule has 1 amide bonds. The Labute approximate surface area is 137 Å². The summed E-state index contributed by atoms with van der Waals surface area (Å²) in [5.74, 6) is 0.125. The van der Waals surface area contributed by atoms with E-state index >= 15 is 0 Å². The molecule has 0 aromatic heterocycles. The lowest BCUT2D eigenvalue weighted by Crippen LogP contribution is -2.49. The maximum atomic E-state index is 13.7. The molecule has 0 aliphatic carbocycles. The molecule has 126 valence electrons. The van der Waals surface area contributed by atoms with Gasteiger partial charge in [-0.15, -0.1) is 0 Å². The standard InChI is InChI=1S/C17H23FN2O2S/c1-12-9-14(10-13(2)15(12)18)16(21)20-23(22)8-4-6-17(11-23)5-3-7-19-17/h9-10,19H,3-8,11H2,1-2H3. The second-order valence-electron chi connectivity index (χ2n) is 6.86. The van der Waals surface area contributed by atoms with Crippen molar-refractivity contribution in [3.05, 3.63) is 34.6 Å². The highest BCUT2D eigenvalue weighted by Crippen LogP contribution is 2.32. The maximum absolute atomic E-state index is 13.7. The van der Waals surface area contributed by atoms with Gasteiger partial charge in [-0.3, -0.25) is 4.79 Å². The van der Waals surface area contributed by atoms with E-state index in [1.807, 2.05) is 0 Å². The minimum Gasteiger partial charge on any atom is -0.310 e. The lowest BCUT2D eigenvalue weighted by molar-refractivity contribution is 0.100. The van der Waals surface area contributed by atoms with Crippen LogP contribution in [0.3, 0.4) is 0 Å². The monoisotopic (exact) mass is 338 g/mol. The lowest BCUT2D eigenvalue weighted by Gasteiger charge is -2.35. The molecule has 1 aromatic rings. The number of halogens is 1. The fourth-order valence-electron chi connectivity index (χ4n) is 3.77. The quantitative estimate of drug-likeness (QED) is 0.856. The topological polar surface area (TPSA) is 58.5 Å². The van der Waals surface area contributed by atoms with Gasteiger partial charge in [0.1, 0.15) is 5.82 Å². The summed E-state index contributed by atoms with van der Waals surface area (Å²) in [7, 11) is -2.55. The van der Waals surface area contributed by atoms with E-state index in [-0.39, 0.29) is 11.4 Å². The number of nitrogens with zero attached hydrogens (tertiary/aromatic N) is 1. The Balaban J connectivity index is 1.90. The molecule has 1 spiro atoms. The molecule has 0 saturated carbocycles. The van der Waals surface area contributed by atoms with Crippen LogP contribution in [0, 0.1) is 19.7 Å². The molecule has 2 unspecified atom stereocenters. The van der Waals surface area contributed by atoms with Crippen molar-refractivity contribution < 1.29 is 13.4 Å². The zero-order valence-electron chi connectivity index (χ0n) is 13.7. The molecular weight excluding hydrogens is 315 g/mol. The van der Waals surface area contributed by atoms with E-state index in [1.54, 1.807) is 13.8 Å². The van der Waals surface area contributed by atoms with Crippen LogP contribution in [0.25, 0.3) is 0 Å². The fourth-order valence-corrected chi connectivity index (χ4v) is 6.33. The number of carbonyl (C=O) groups excluding carboxylic acids is 1. The van der Waals surface area contributed by atoms with Crippen LogP contribution >= 0.6 is 0 Å². The van der Waals surface area contributed by atoms with Crippen molar-refractivity contribution in [2.24, 2.45) is 4.36 Å². The largest absolute Gasteiger partial charge is 0.310 e. The van der Waals surface area contributed by atoms with E-state index in [0.29, 0.717) is 28.2 Å². The zero-order chi connectivity index (χ0) is 16.7. The van der Waals surface area contributed by atoms with Crippen molar-refractivity contribution in [3.63, 3.8) is 0 Å². The summed E-state index contributed by atoms with van der Waals surface area (Å²) in [5.41, 5.74) is 1.04. The number of hydrogen-bond acceptors (Lipinski definition) is 3. The highest BCUT2D eigenvalue weighted by Gasteiger charge is 2.40. The second kappa shape index (κ2) is 5.98. The summed E-state index contributed by atoms with van der Waals surface area (Å²) in [6.07, 6.45) is 3.91. The van der Waals surface area contributed by atoms with Crippen LogP contribution in [0.15, 0.2) is 16.5 Å². The van der Waals surface area contributed by atoms with Gasteiger partial charge >= 0.3 is 0 Å². The van der Waals surface area contributed by atoms with Gasteiger partial charge < -0.3 is 5.32 Å². The van der Waals surface area contributed by atoms with E-state index in [0.717, 1.165) is 32.2 Å². The summed E-state index contributed by atoms with van der Waals surface area (Å²) in [6, 6.07) is 2.98. The average Bonchev–Trinajstić information content (AvgIpc) is 2.91. The van der Waals surface area contributed by atoms with E-state index in [2.05, 4.69) is 9.68 Å². The van der Waals surface area contributed by atoms with Crippen molar-refractivity contribution >= 4 is 15.6 Å². The molecule has 2 heterocycles. The van der Waals surface area contributed by atoms with Crippen LogP contribution < -0.4 is 5.32 Å². The number of aryl methyl sites for hydroxylation is 2. The molecule has 1 aromatic carbocycles. The molecule has 2 aliphatic rings. The molecule has 1 N–H and O–H groups in total. The Bertz CT molecular complexity index is 737. The molecule has 23 heavy (non-hydrogen) atoms. The summed E-state index contributed by atoms with van der Waals surface area (Å²) in [4.78, 5) is 12.4. The summed E-state index contributed by atoms with van der Waals surface area (Å²) in [6.45, 7) is 4.19. The first-order chi connectivity index (χ1) is 10.8. The number of nitrogens with one attached hydrogen (secondary N) is 1. The summed E-state index contributed by atoms with van der Waals surface area (Å²) in [5, 5.41) is 3.47. The molecule has 0 bridgehead atoms. The highest BCUT2D eigenvalue weighted by atomic mass is 32.2. The summed E-state index contributed by atoms with van der Waals surface area (Å²) >= 11 is 0. The van der Waals surface area contributed by atoms with Gasteiger partial charge in [0.2, 0.25) is 0 Å². The van der Waals surface area contributed by atoms with E-state index in [1.165, 1.54) is 12.1 Å². The third-order valence-electron chi connectivity index (χ3n) is 4.89. The van der Waals surface area contributed by atoms with Gasteiger partial charge in [-0.25, -0.2) is 8.60 Å². The summed E-state index contributed by atoms with van der Waals surface area (Å²) < 4.78 is 30.9. The Kier molecular flexibility index (Phi) is 4.31. The van der Waals surface area contributed by atoms with E-state index < -0.39 is 15.6 Å². The zero-order valence-corrected chi connectivity index (χ0v) is 14.5. The number of hydrogen-bond donors (Lipinski definition) is 1. The molecule has 2 fully saturated rings. The van der Waals surface area contributed by atoms with Crippen LogP contribution in [-0.2, 0) is 9.73 Å². The van der Waals surface area contributed by atoms with Gasteiger partial charge in [-0.1, -0.05) is 0 Å². The van der Waals surface area contributed by atoms with Gasteiger partial charge in [0.15, 0.2) is 0 Å². The van der Waals surface area contributed by atoms with Crippen molar-refractivity contribution in [1.29, 1.82) is 0 Å². The Morgan fingerprint density at radius 1 is 1.26 bits per heavy atom. The van der Waals surface area contributed by atoms with Crippen molar-refractivity contribution in [1.82, 2.24) is 5.32 Å². The molecule has 2 atom stereocenters. The number of benzene rings is 1. The second-order valence-corrected chi connectivity index (χ2v) is 9.28. The molecule has 4 nitrogen and oxygen atoms in total. The third kappa shape index (κ3) is 3.33. The van der Waals surface area contributed by atoms with Gasteiger partial charge in [-0.2, -0.15) is 4.36 Å². The SMILES string of the molecule is Cc1cc(C(=O)N=S2(=O)CCCC3(CCCN3)C2)cc(C)c1F. The van der Waals surface area contributed by atoms with Crippen LogP contribution in [0.5, 0.6) is 0 Å². The number of rotatable bonds is 1. The van der Waals surface area contributed by atoms with Crippen LogP contribution in [0.1, 0.15) is 47.2 Å². The average molecular weight is 338 g/mol. The van der Waals surface area contributed by atoms with E-state index in [4.69, 9.17) is 0 Å². The first kappa shape index (κ1) is 16.6. The number of amides is 1. The van der Waals surface area contributed by atoms with E-state index in [9.17, 15) is 13.4 Å². The Hall–Kier alpha value is -1.27. The molecule has 3 rings (SSSR count). The molecule has 6 heteroatoms. The minimum atomic E-state index is -2.55. The number of carbonyl (C=O) groups is 1. The fraction of sp³-hybridized carbons (Fsp3) is 0.588. The van der Waals surface area contributed by atoms with Gasteiger partial charge in [0.25, 0.3) is 5.91 Å². The van der Waals surface area contributed by atoms with Crippen molar-refractivity contribution in [2.45, 2.75) is 45.1 Å².